The van der Waals surface area contributed by atoms with Crippen LogP contribution < -0.4 is 11.1 Å². The second-order valence-electron chi connectivity index (χ2n) is 4.85. The number of ether oxygens (including phenoxy) is 2. The fraction of sp³-hybridized carbons (Fsp3) is 0.500. The smallest absolute Gasteiger partial charge is 0.376 e. The molecule has 0 radical (unpaired) electrons. The van der Waals surface area contributed by atoms with Gasteiger partial charge in [0.1, 0.15) is 0 Å². The van der Waals surface area contributed by atoms with E-state index in [1.54, 1.807) is 6.07 Å². The number of aliphatic imine (C=N–C) groups is 1. The molecule has 130 valence electrons. The summed E-state index contributed by atoms with van der Waals surface area (Å²) in [5.74, 6) is 0.159. The molecule has 5 nitrogen and oxygen atoms in total. The Morgan fingerprint density at radius 2 is 2.13 bits per heavy atom. The van der Waals surface area contributed by atoms with Gasteiger partial charge in [0.05, 0.1) is 38.0 Å². The predicted octanol–water partition coefficient (Wildman–Crippen LogP) is 2.14. The van der Waals surface area contributed by atoms with Gasteiger partial charge in [0, 0.05) is 6.54 Å². The minimum atomic E-state index is -4.36. The summed E-state index contributed by atoms with van der Waals surface area (Å²) >= 11 is 0. The van der Waals surface area contributed by atoms with E-state index in [0.29, 0.717) is 31.9 Å². The van der Waals surface area contributed by atoms with E-state index in [1.165, 1.54) is 6.07 Å². The van der Waals surface area contributed by atoms with Crippen molar-refractivity contribution in [3.05, 3.63) is 35.4 Å². The first kappa shape index (κ1) is 20.0. The maximum absolute atomic E-state index is 12.6. The molecule has 1 aliphatic heterocycles. The molecule has 1 saturated heterocycles. The Bertz CT molecular complexity index is 520. The van der Waals surface area contributed by atoms with Crippen LogP contribution in [-0.2, 0) is 22.2 Å². The molecule has 9 heteroatoms. The molecule has 0 saturated carbocycles. The molecule has 1 aromatic rings. The van der Waals surface area contributed by atoms with Gasteiger partial charge in [-0.1, -0.05) is 12.1 Å². The van der Waals surface area contributed by atoms with Crippen LogP contribution in [-0.4, -0.2) is 38.4 Å². The van der Waals surface area contributed by atoms with Crippen LogP contribution in [0.3, 0.4) is 0 Å². The topological polar surface area (TPSA) is 68.9 Å². The van der Waals surface area contributed by atoms with Crippen molar-refractivity contribution in [1.29, 1.82) is 0 Å². The standard InChI is InChI=1S/C14H18F3N3O2.HI/c15-14(16,17)11-3-1-2-10(6-11)7-19-13(18)20-8-12-9-21-4-5-22-12;/h1-3,6,12H,4-5,7-9H2,(H3,18,19,20);1H. The average molecular weight is 445 g/mol. The van der Waals surface area contributed by atoms with Crippen molar-refractivity contribution < 1.29 is 22.6 Å². The van der Waals surface area contributed by atoms with E-state index >= 15 is 0 Å². The number of benzene rings is 1. The molecule has 1 unspecified atom stereocenters. The number of nitrogens with zero attached hydrogens (tertiary/aromatic N) is 1. The summed E-state index contributed by atoms with van der Waals surface area (Å²) in [6.07, 6.45) is -4.46. The highest BCUT2D eigenvalue weighted by atomic mass is 127. The van der Waals surface area contributed by atoms with Crippen molar-refractivity contribution in [2.75, 3.05) is 26.4 Å². The van der Waals surface area contributed by atoms with Crippen LogP contribution >= 0.6 is 24.0 Å². The number of hydrogen-bond acceptors (Lipinski definition) is 3. The lowest BCUT2D eigenvalue weighted by Gasteiger charge is -2.23. The lowest BCUT2D eigenvalue weighted by molar-refractivity contribution is -0.137. The van der Waals surface area contributed by atoms with Crippen molar-refractivity contribution in [3.8, 4) is 0 Å². The summed E-state index contributed by atoms with van der Waals surface area (Å²) in [4.78, 5) is 4.02. The monoisotopic (exact) mass is 445 g/mol. The van der Waals surface area contributed by atoms with E-state index in [0.717, 1.165) is 12.1 Å². The van der Waals surface area contributed by atoms with Crippen LogP contribution in [0.4, 0.5) is 13.2 Å². The zero-order valence-electron chi connectivity index (χ0n) is 12.3. The van der Waals surface area contributed by atoms with Crippen molar-refractivity contribution in [2.45, 2.75) is 18.8 Å². The van der Waals surface area contributed by atoms with E-state index in [2.05, 4.69) is 10.3 Å². The third-order valence-corrected chi connectivity index (χ3v) is 3.08. The molecule has 1 fully saturated rings. The molecule has 23 heavy (non-hydrogen) atoms. The number of guanidine groups is 1. The summed E-state index contributed by atoms with van der Waals surface area (Å²) in [5.41, 5.74) is 5.43. The van der Waals surface area contributed by atoms with Crippen molar-refractivity contribution in [1.82, 2.24) is 5.32 Å². The zero-order valence-corrected chi connectivity index (χ0v) is 14.6. The molecule has 0 bridgehead atoms. The van der Waals surface area contributed by atoms with Gasteiger partial charge < -0.3 is 20.5 Å². The second kappa shape index (κ2) is 9.28. The minimum absolute atomic E-state index is 0. The number of halogens is 4. The molecule has 1 atom stereocenters. The second-order valence-corrected chi connectivity index (χ2v) is 4.85. The molecule has 1 heterocycles. The number of hydrogen-bond donors (Lipinski definition) is 2. The largest absolute Gasteiger partial charge is 0.416 e. The Morgan fingerprint density at radius 1 is 1.35 bits per heavy atom. The van der Waals surface area contributed by atoms with Gasteiger partial charge in [-0.3, -0.25) is 0 Å². The minimum Gasteiger partial charge on any atom is -0.376 e. The maximum atomic E-state index is 12.6. The highest BCUT2D eigenvalue weighted by Gasteiger charge is 2.30. The van der Waals surface area contributed by atoms with Gasteiger partial charge in [0.25, 0.3) is 0 Å². The molecule has 3 N–H and O–H groups in total. The van der Waals surface area contributed by atoms with E-state index in [1.807, 2.05) is 0 Å². The highest BCUT2D eigenvalue weighted by molar-refractivity contribution is 14.0. The molecule has 0 amide bonds. The van der Waals surface area contributed by atoms with Crippen molar-refractivity contribution in [3.63, 3.8) is 0 Å². The zero-order chi connectivity index (χ0) is 16.0. The Labute approximate surface area is 149 Å². The van der Waals surface area contributed by atoms with Gasteiger partial charge in [-0.25, -0.2) is 4.99 Å². The SMILES string of the molecule is I.NC(=NCc1cccc(C(F)(F)F)c1)NCC1COCCO1. The van der Waals surface area contributed by atoms with Crippen molar-refractivity contribution >= 4 is 29.9 Å². The quantitative estimate of drug-likeness (QED) is 0.424. The third-order valence-electron chi connectivity index (χ3n) is 3.08. The Balaban J connectivity index is 0.00000264. The number of nitrogens with one attached hydrogen (secondary N) is 1. The van der Waals surface area contributed by atoms with Gasteiger partial charge in [-0.15, -0.1) is 24.0 Å². The number of rotatable bonds is 4. The first-order valence-corrected chi connectivity index (χ1v) is 6.84. The molecule has 1 aliphatic rings. The van der Waals surface area contributed by atoms with E-state index in [-0.39, 0.29) is 42.6 Å². The molecular formula is C14H19F3IN3O2. The third kappa shape index (κ3) is 6.92. The van der Waals surface area contributed by atoms with Crippen LogP contribution in [0.5, 0.6) is 0 Å². The van der Waals surface area contributed by atoms with Crippen LogP contribution in [0, 0.1) is 0 Å². The maximum Gasteiger partial charge on any atom is 0.416 e. The number of nitrogens with two attached hydrogens (primary N) is 1. The van der Waals surface area contributed by atoms with Crippen LogP contribution in [0.2, 0.25) is 0 Å². The Kier molecular flexibility index (Phi) is 8.06. The number of alkyl halides is 3. The summed E-state index contributed by atoms with van der Waals surface area (Å²) in [6, 6.07) is 5.01. The molecule has 0 spiro atoms. The summed E-state index contributed by atoms with van der Waals surface area (Å²) in [6.45, 7) is 2.11. The predicted molar refractivity (Wildman–Crippen MR) is 90.7 cm³/mol. The van der Waals surface area contributed by atoms with Gasteiger partial charge in [-0.2, -0.15) is 13.2 Å². The van der Waals surface area contributed by atoms with Crippen LogP contribution in [0.1, 0.15) is 11.1 Å². The first-order valence-electron chi connectivity index (χ1n) is 6.84. The van der Waals surface area contributed by atoms with Crippen LogP contribution in [0.25, 0.3) is 0 Å². The Morgan fingerprint density at radius 3 is 2.78 bits per heavy atom. The summed E-state index contributed by atoms with van der Waals surface area (Å²) in [7, 11) is 0. The molecular weight excluding hydrogens is 426 g/mol. The van der Waals surface area contributed by atoms with E-state index in [4.69, 9.17) is 15.2 Å². The molecule has 1 aromatic carbocycles. The van der Waals surface area contributed by atoms with E-state index in [9.17, 15) is 13.2 Å². The lowest BCUT2D eigenvalue weighted by atomic mass is 10.1. The average Bonchev–Trinajstić information content (AvgIpc) is 2.51. The van der Waals surface area contributed by atoms with E-state index < -0.39 is 11.7 Å². The normalized spacial score (nSPS) is 19.1. The fourth-order valence-electron chi connectivity index (χ4n) is 1.95. The first-order chi connectivity index (χ1) is 10.4. The molecule has 0 aromatic heterocycles. The van der Waals surface area contributed by atoms with Gasteiger partial charge in [0.2, 0.25) is 0 Å². The summed E-state index contributed by atoms with van der Waals surface area (Å²) < 4.78 is 48.4. The molecule has 0 aliphatic carbocycles. The van der Waals surface area contributed by atoms with Gasteiger partial charge in [0.15, 0.2) is 5.96 Å². The highest BCUT2D eigenvalue weighted by Crippen LogP contribution is 2.29. The van der Waals surface area contributed by atoms with Gasteiger partial charge >= 0.3 is 6.18 Å². The molecule has 2 rings (SSSR count). The summed E-state index contributed by atoms with van der Waals surface area (Å²) in [5, 5.41) is 2.87. The van der Waals surface area contributed by atoms with Gasteiger partial charge in [-0.05, 0) is 17.7 Å². The van der Waals surface area contributed by atoms with Crippen LogP contribution in [0.15, 0.2) is 29.3 Å². The van der Waals surface area contributed by atoms with Crippen molar-refractivity contribution in [2.24, 2.45) is 10.7 Å². The lowest BCUT2D eigenvalue weighted by Crippen LogP contribution is -2.42. The Hall–Kier alpha value is -1.07. The fourth-order valence-corrected chi connectivity index (χ4v) is 1.95.